The number of rotatable bonds is 3. The van der Waals surface area contributed by atoms with Crippen LogP contribution in [-0.2, 0) is 0 Å². The number of fused-ring (bicyclic) bond motifs is 11. The molecule has 0 amide bonds. The fourth-order valence-electron chi connectivity index (χ4n) is 9.13. The number of hydrogen-bond acceptors (Lipinski definition) is 2. The third-order valence-corrected chi connectivity index (χ3v) is 11.5. The van der Waals surface area contributed by atoms with Gasteiger partial charge in [-0.05, 0) is 107 Å². The number of furan rings is 2. The maximum absolute atomic E-state index is 6.48. The molecular formula is C52H30O2. The van der Waals surface area contributed by atoms with Gasteiger partial charge in [-0.2, -0.15) is 0 Å². The Morgan fingerprint density at radius 2 is 0.796 bits per heavy atom. The third-order valence-electron chi connectivity index (χ3n) is 11.5. The highest BCUT2D eigenvalue weighted by atomic mass is 16.3. The summed E-state index contributed by atoms with van der Waals surface area (Å²) in [7, 11) is 0. The van der Waals surface area contributed by atoms with Crippen molar-refractivity contribution in [2.24, 2.45) is 0 Å². The average Bonchev–Trinajstić information content (AvgIpc) is 3.80. The Morgan fingerprint density at radius 3 is 1.52 bits per heavy atom. The SMILES string of the molecule is c1ccc2c(-c3c4ccccc4c(-c4ccc(-c5ccc6oc7ccc8c9ccccc9oc8c7c6c5)c5ccccc45)c4ccccc34)cccc2c1. The van der Waals surface area contributed by atoms with Gasteiger partial charge in [-0.15, -0.1) is 0 Å². The molecule has 2 heteroatoms. The van der Waals surface area contributed by atoms with E-state index in [9.17, 15) is 0 Å². The molecule has 0 fully saturated rings. The molecule has 0 aliphatic rings. The summed E-state index contributed by atoms with van der Waals surface area (Å²) in [6.07, 6.45) is 0. The predicted octanol–water partition coefficient (Wildman–Crippen LogP) is 15.1. The van der Waals surface area contributed by atoms with E-state index in [0.717, 1.165) is 49.4 Å². The molecule has 0 unspecified atom stereocenters. The normalized spacial score (nSPS) is 12.1. The van der Waals surface area contributed by atoms with E-state index in [1.807, 2.05) is 12.1 Å². The van der Waals surface area contributed by atoms with Crippen LogP contribution >= 0.6 is 0 Å². The van der Waals surface area contributed by atoms with E-state index >= 15 is 0 Å². The molecule has 12 aromatic rings. The summed E-state index contributed by atoms with van der Waals surface area (Å²) in [6.45, 7) is 0. The second kappa shape index (κ2) is 11.2. The summed E-state index contributed by atoms with van der Waals surface area (Å²) in [5.41, 5.74) is 10.8. The molecular weight excluding hydrogens is 657 g/mol. The zero-order valence-electron chi connectivity index (χ0n) is 29.1. The molecule has 12 rings (SSSR count). The van der Waals surface area contributed by atoms with Crippen LogP contribution in [0, 0.1) is 0 Å². The van der Waals surface area contributed by atoms with Crippen LogP contribution in [0.25, 0.3) is 120 Å². The van der Waals surface area contributed by atoms with Gasteiger partial charge in [0.25, 0.3) is 0 Å². The molecule has 0 radical (unpaired) electrons. The van der Waals surface area contributed by atoms with Crippen LogP contribution < -0.4 is 0 Å². The van der Waals surface area contributed by atoms with Crippen molar-refractivity contribution in [3.8, 4) is 33.4 Å². The summed E-state index contributed by atoms with van der Waals surface area (Å²) >= 11 is 0. The van der Waals surface area contributed by atoms with Crippen molar-refractivity contribution in [2.75, 3.05) is 0 Å². The first kappa shape index (κ1) is 29.4. The first-order chi connectivity index (χ1) is 26.8. The first-order valence-electron chi connectivity index (χ1n) is 18.5. The highest BCUT2D eigenvalue weighted by molar-refractivity contribution is 6.26. The monoisotopic (exact) mass is 686 g/mol. The molecule has 0 N–H and O–H groups in total. The van der Waals surface area contributed by atoms with Gasteiger partial charge in [0, 0.05) is 16.2 Å². The van der Waals surface area contributed by atoms with Gasteiger partial charge in [-0.1, -0.05) is 152 Å². The third kappa shape index (κ3) is 4.11. The fraction of sp³-hybridized carbons (Fsp3) is 0. The molecule has 0 atom stereocenters. The van der Waals surface area contributed by atoms with E-state index in [-0.39, 0.29) is 0 Å². The maximum atomic E-state index is 6.48. The summed E-state index contributed by atoms with van der Waals surface area (Å²) in [6, 6.07) is 65.7. The lowest BCUT2D eigenvalue weighted by molar-refractivity contribution is 0.663. The largest absolute Gasteiger partial charge is 0.456 e. The molecule has 0 saturated carbocycles. The molecule has 0 spiro atoms. The van der Waals surface area contributed by atoms with Gasteiger partial charge in [0.1, 0.15) is 22.3 Å². The Balaban J connectivity index is 1.11. The minimum Gasteiger partial charge on any atom is -0.456 e. The van der Waals surface area contributed by atoms with Gasteiger partial charge in [-0.25, -0.2) is 0 Å². The van der Waals surface area contributed by atoms with Crippen molar-refractivity contribution < 1.29 is 8.83 Å². The molecule has 0 bridgehead atoms. The number of hydrogen-bond donors (Lipinski definition) is 0. The molecule has 2 aromatic heterocycles. The fourth-order valence-corrected chi connectivity index (χ4v) is 9.13. The van der Waals surface area contributed by atoms with Gasteiger partial charge in [-0.3, -0.25) is 0 Å². The lowest BCUT2D eigenvalue weighted by atomic mass is 9.83. The van der Waals surface area contributed by atoms with Crippen molar-refractivity contribution in [1.82, 2.24) is 0 Å². The highest BCUT2D eigenvalue weighted by Gasteiger charge is 2.21. The van der Waals surface area contributed by atoms with E-state index in [1.165, 1.54) is 70.9 Å². The van der Waals surface area contributed by atoms with Gasteiger partial charge in [0.2, 0.25) is 0 Å². The average molecular weight is 687 g/mol. The Kier molecular flexibility index (Phi) is 6.09. The molecule has 0 aliphatic carbocycles. The minimum absolute atomic E-state index is 0.833. The van der Waals surface area contributed by atoms with Crippen molar-refractivity contribution in [3.05, 3.63) is 182 Å². The smallest absolute Gasteiger partial charge is 0.147 e. The molecule has 10 aromatic carbocycles. The minimum atomic E-state index is 0.833. The van der Waals surface area contributed by atoms with Crippen molar-refractivity contribution in [1.29, 1.82) is 0 Å². The van der Waals surface area contributed by atoms with E-state index < -0.39 is 0 Å². The van der Waals surface area contributed by atoms with Crippen molar-refractivity contribution in [3.63, 3.8) is 0 Å². The van der Waals surface area contributed by atoms with Gasteiger partial charge >= 0.3 is 0 Å². The van der Waals surface area contributed by atoms with Crippen LogP contribution in [0.4, 0.5) is 0 Å². The van der Waals surface area contributed by atoms with Crippen LogP contribution in [-0.4, -0.2) is 0 Å². The van der Waals surface area contributed by atoms with Crippen LogP contribution in [0.1, 0.15) is 0 Å². The second-order valence-corrected chi connectivity index (χ2v) is 14.3. The number of benzene rings is 10. The second-order valence-electron chi connectivity index (χ2n) is 14.3. The molecule has 54 heavy (non-hydrogen) atoms. The molecule has 2 nitrogen and oxygen atoms in total. The van der Waals surface area contributed by atoms with Gasteiger partial charge in [0.15, 0.2) is 0 Å². The zero-order valence-corrected chi connectivity index (χ0v) is 29.1. The lowest BCUT2D eigenvalue weighted by Crippen LogP contribution is -1.93. The topological polar surface area (TPSA) is 26.3 Å². The molecule has 0 saturated heterocycles. The van der Waals surface area contributed by atoms with E-state index in [4.69, 9.17) is 8.83 Å². The molecule has 2 heterocycles. The Hall–Kier alpha value is -7.16. The molecule has 250 valence electrons. The lowest BCUT2D eigenvalue weighted by Gasteiger charge is -2.20. The Morgan fingerprint density at radius 1 is 0.278 bits per heavy atom. The quantitative estimate of drug-likeness (QED) is 0.173. The van der Waals surface area contributed by atoms with E-state index in [0.29, 0.717) is 0 Å². The van der Waals surface area contributed by atoms with Crippen LogP contribution in [0.5, 0.6) is 0 Å². The van der Waals surface area contributed by atoms with Crippen LogP contribution in [0.15, 0.2) is 191 Å². The maximum Gasteiger partial charge on any atom is 0.147 e. The highest BCUT2D eigenvalue weighted by Crippen LogP contribution is 2.48. The molecule has 0 aliphatic heterocycles. The predicted molar refractivity (Wildman–Crippen MR) is 227 cm³/mol. The van der Waals surface area contributed by atoms with E-state index in [2.05, 4.69) is 170 Å². The van der Waals surface area contributed by atoms with Gasteiger partial charge < -0.3 is 8.83 Å². The van der Waals surface area contributed by atoms with Crippen LogP contribution in [0.3, 0.4) is 0 Å². The standard InChI is InChI=1S/C52H30O2/c1-2-14-33-31(12-1)13-11-22-38(33)49-39-18-5-7-20-41(39)50(42-21-8-6-19-40(42)49)43-26-25-34(35-15-3-4-16-36(35)43)32-24-28-47-45(30-32)51-48(53-47)29-27-44-37-17-9-10-23-46(37)54-52(44)51/h1-30H. The van der Waals surface area contributed by atoms with E-state index in [1.54, 1.807) is 0 Å². The van der Waals surface area contributed by atoms with Gasteiger partial charge in [0.05, 0.1) is 5.39 Å². The van der Waals surface area contributed by atoms with Crippen LogP contribution in [0.2, 0.25) is 0 Å². The Bertz CT molecular complexity index is 3440. The van der Waals surface area contributed by atoms with Crippen molar-refractivity contribution in [2.45, 2.75) is 0 Å². The van der Waals surface area contributed by atoms with Crippen molar-refractivity contribution >= 4 is 87.0 Å². The Labute approximate surface area is 310 Å². The summed E-state index contributed by atoms with van der Waals surface area (Å²) in [4.78, 5) is 0. The summed E-state index contributed by atoms with van der Waals surface area (Å²) < 4.78 is 12.9. The first-order valence-corrected chi connectivity index (χ1v) is 18.5. The summed E-state index contributed by atoms with van der Waals surface area (Å²) in [5, 5.41) is 14.2. The summed E-state index contributed by atoms with van der Waals surface area (Å²) in [5.74, 6) is 0. The zero-order chi connectivity index (χ0) is 35.3. The number of para-hydroxylation sites is 1.